The van der Waals surface area contributed by atoms with Crippen LogP contribution in [0.5, 0.6) is 11.5 Å². The number of nitrogens with one attached hydrogen (secondary N) is 1. The Morgan fingerprint density at radius 1 is 1.00 bits per heavy atom. The quantitative estimate of drug-likeness (QED) is 0.786. The molecular formula is C16H16BrNO4S. The smallest absolute Gasteiger partial charge is 0.261 e. The van der Waals surface area contributed by atoms with E-state index in [4.69, 9.17) is 9.47 Å². The van der Waals surface area contributed by atoms with Crippen LogP contribution >= 0.6 is 15.9 Å². The van der Waals surface area contributed by atoms with E-state index in [1.807, 2.05) is 12.1 Å². The predicted molar refractivity (Wildman–Crippen MR) is 92.2 cm³/mol. The number of hydrogen-bond acceptors (Lipinski definition) is 4. The number of sulfonamides is 1. The van der Waals surface area contributed by atoms with Crippen LogP contribution in [0.25, 0.3) is 0 Å². The summed E-state index contributed by atoms with van der Waals surface area (Å²) in [6, 6.07) is 11.8. The number of anilines is 1. The number of benzene rings is 2. The van der Waals surface area contributed by atoms with Gasteiger partial charge in [-0.1, -0.05) is 28.1 Å². The lowest BCUT2D eigenvalue weighted by molar-refractivity contribution is 0.171. The maximum Gasteiger partial charge on any atom is 0.261 e. The molecule has 0 atom stereocenters. The first kappa shape index (κ1) is 16.1. The van der Waals surface area contributed by atoms with Crippen molar-refractivity contribution in [1.82, 2.24) is 0 Å². The lowest BCUT2D eigenvalue weighted by Crippen LogP contribution is -2.16. The van der Waals surface area contributed by atoms with Crippen LogP contribution in [0.15, 0.2) is 47.4 Å². The minimum Gasteiger partial charge on any atom is -0.486 e. The Kier molecular flexibility index (Phi) is 4.77. The third-order valence-electron chi connectivity index (χ3n) is 3.41. The number of rotatable bonds is 5. The maximum absolute atomic E-state index is 12.4. The third-order valence-corrected chi connectivity index (χ3v) is 5.20. The molecule has 1 N–H and O–H groups in total. The summed E-state index contributed by atoms with van der Waals surface area (Å²) >= 11 is 3.37. The average Bonchev–Trinajstić information content (AvgIpc) is 2.55. The van der Waals surface area contributed by atoms with Crippen molar-refractivity contribution in [3.63, 3.8) is 0 Å². The van der Waals surface area contributed by atoms with Gasteiger partial charge in [0.05, 0.1) is 10.6 Å². The van der Waals surface area contributed by atoms with Crippen molar-refractivity contribution in [3.05, 3.63) is 48.0 Å². The zero-order valence-corrected chi connectivity index (χ0v) is 14.7. The molecule has 0 saturated carbocycles. The van der Waals surface area contributed by atoms with Crippen LogP contribution < -0.4 is 14.2 Å². The van der Waals surface area contributed by atoms with Crippen molar-refractivity contribution >= 4 is 31.6 Å². The predicted octanol–water partition coefficient (Wildman–Crippen LogP) is 3.20. The van der Waals surface area contributed by atoms with Gasteiger partial charge in [-0.05, 0) is 36.2 Å². The fourth-order valence-corrected chi connectivity index (χ4v) is 3.77. The van der Waals surface area contributed by atoms with Crippen molar-refractivity contribution in [2.75, 3.05) is 23.3 Å². The summed E-state index contributed by atoms with van der Waals surface area (Å²) in [6.45, 7) is 0.955. The summed E-state index contributed by atoms with van der Waals surface area (Å²) in [5.41, 5.74) is 1.53. The summed E-state index contributed by atoms with van der Waals surface area (Å²) in [4.78, 5) is 0.228. The zero-order chi connectivity index (χ0) is 16.3. The molecule has 1 heterocycles. The van der Waals surface area contributed by atoms with E-state index < -0.39 is 10.0 Å². The first-order valence-electron chi connectivity index (χ1n) is 7.16. The van der Waals surface area contributed by atoms with Gasteiger partial charge in [0.2, 0.25) is 0 Å². The Labute approximate surface area is 143 Å². The Morgan fingerprint density at radius 3 is 2.39 bits per heavy atom. The van der Waals surface area contributed by atoms with E-state index in [0.717, 1.165) is 17.3 Å². The van der Waals surface area contributed by atoms with Crippen molar-refractivity contribution < 1.29 is 17.9 Å². The van der Waals surface area contributed by atoms with Gasteiger partial charge in [0.25, 0.3) is 10.0 Å². The van der Waals surface area contributed by atoms with Crippen LogP contribution in [0, 0.1) is 0 Å². The number of hydrogen-bond donors (Lipinski definition) is 1. The molecule has 0 fully saturated rings. The molecule has 7 heteroatoms. The van der Waals surface area contributed by atoms with E-state index in [9.17, 15) is 8.42 Å². The molecule has 3 rings (SSSR count). The van der Waals surface area contributed by atoms with Gasteiger partial charge in [0.15, 0.2) is 11.5 Å². The lowest BCUT2D eigenvalue weighted by atomic mass is 10.2. The number of halogens is 1. The van der Waals surface area contributed by atoms with E-state index in [-0.39, 0.29) is 4.90 Å². The topological polar surface area (TPSA) is 64.6 Å². The number of fused-ring (bicyclic) bond motifs is 1. The van der Waals surface area contributed by atoms with Crippen molar-refractivity contribution in [3.8, 4) is 11.5 Å². The molecule has 1 aliphatic heterocycles. The Bertz CT molecular complexity index is 790. The molecule has 1 aliphatic rings. The first-order valence-corrected chi connectivity index (χ1v) is 9.76. The lowest BCUT2D eigenvalue weighted by Gasteiger charge is -2.19. The highest BCUT2D eigenvalue weighted by molar-refractivity contribution is 9.09. The van der Waals surface area contributed by atoms with Crippen molar-refractivity contribution in [2.45, 2.75) is 11.3 Å². The Morgan fingerprint density at radius 2 is 1.70 bits per heavy atom. The summed E-state index contributed by atoms with van der Waals surface area (Å²) in [5.74, 6) is 1.17. The second kappa shape index (κ2) is 6.80. The van der Waals surface area contributed by atoms with Crippen LogP contribution in [-0.2, 0) is 16.4 Å². The van der Waals surface area contributed by atoms with E-state index >= 15 is 0 Å². The third kappa shape index (κ3) is 3.79. The zero-order valence-electron chi connectivity index (χ0n) is 12.3. The number of ether oxygens (including phenoxy) is 2. The van der Waals surface area contributed by atoms with Gasteiger partial charge in [0, 0.05) is 11.4 Å². The molecule has 0 spiro atoms. The van der Waals surface area contributed by atoms with Crippen LogP contribution in [0.4, 0.5) is 5.69 Å². The monoisotopic (exact) mass is 397 g/mol. The van der Waals surface area contributed by atoms with E-state index in [1.165, 1.54) is 0 Å². The molecule has 0 radical (unpaired) electrons. The Hall–Kier alpha value is -1.73. The largest absolute Gasteiger partial charge is 0.486 e. The second-order valence-corrected chi connectivity index (χ2v) is 7.52. The summed E-state index contributed by atoms with van der Waals surface area (Å²) in [5, 5.41) is 0.842. The van der Waals surface area contributed by atoms with Crippen molar-refractivity contribution in [1.29, 1.82) is 0 Å². The van der Waals surface area contributed by atoms with Gasteiger partial charge in [-0.25, -0.2) is 8.42 Å². The standard InChI is InChI=1S/C16H16BrNO4S/c17-8-7-12-1-4-14(5-2-12)23(19,20)18-13-3-6-15-16(11-13)22-10-9-21-15/h1-6,11,18H,7-10H2. The van der Waals surface area contributed by atoms with Crippen molar-refractivity contribution in [2.24, 2.45) is 0 Å². The molecule has 0 aliphatic carbocycles. The summed E-state index contributed by atoms with van der Waals surface area (Å²) in [6.07, 6.45) is 0.857. The van der Waals surface area contributed by atoms with E-state index in [0.29, 0.717) is 30.4 Å². The molecule has 0 bridgehead atoms. The van der Waals surface area contributed by atoms with Gasteiger partial charge in [-0.15, -0.1) is 0 Å². The maximum atomic E-state index is 12.4. The van der Waals surface area contributed by atoms with Crippen LogP contribution in [0.3, 0.4) is 0 Å². The molecule has 0 unspecified atom stereocenters. The molecule has 122 valence electrons. The SMILES string of the molecule is O=S(=O)(Nc1ccc2c(c1)OCCO2)c1ccc(CCBr)cc1. The van der Waals surface area contributed by atoms with Crippen LogP contribution in [0.2, 0.25) is 0 Å². The Balaban J connectivity index is 1.80. The highest BCUT2D eigenvalue weighted by Crippen LogP contribution is 2.33. The van der Waals surface area contributed by atoms with Gasteiger partial charge < -0.3 is 9.47 Å². The van der Waals surface area contributed by atoms with Gasteiger partial charge >= 0.3 is 0 Å². The molecule has 23 heavy (non-hydrogen) atoms. The van der Waals surface area contributed by atoms with E-state index in [2.05, 4.69) is 20.7 Å². The fraction of sp³-hybridized carbons (Fsp3) is 0.250. The van der Waals surface area contributed by atoms with E-state index in [1.54, 1.807) is 30.3 Å². The van der Waals surface area contributed by atoms with Crippen LogP contribution in [0.1, 0.15) is 5.56 Å². The summed E-state index contributed by atoms with van der Waals surface area (Å²) < 4.78 is 38.3. The molecule has 0 aromatic heterocycles. The summed E-state index contributed by atoms with van der Waals surface area (Å²) in [7, 11) is -3.63. The van der Waals surface area contributed by atoms with Crippen LogP contribution in [-0.4, -0.2) is 27.0 Å². The van der Waals surface area contributed by atoms with Gasteiger partial charge in [0.1, 0.15) is 13.2 Å². The highest BCUT2D eigenvalue weighted by atomic mass is 79.9. The first-order chi connectivity index (χ1) is 11.1. The number of aryl methyl sites for hydroxylation is 1. The molecular weight excluding hydrogens is 382 g/mol. The highest BCUT2D eigenvalue weighted by Gasteiger charge is 2.17. The minimum absolute atomic E-state index is 0.228. The molecule has 5 nitrogen and oxygen atoms in total. The van der Waals surface area contributed by atoms with Gasteiger partial charge in [-0.2, -0.15) is 0 Å². The molecule has 0 saturated heterocycles. The average molecular weight is 398 g/mol. The fourth-order valence-electron chi connectivity index (χ4n) is 2.27. The number of alkyl halides is 1. The molecule has 2 aromatic rings. The minimum atomic E-state index is -3.63. The molecule has 2 aromatic carbocycles. The normalized spacial score (nSPS) is 13.6. The van der Waals surface area contributed by atoms with Gasteiger partial charge in [-0.3, -0.25) is 4.72 Å². The molecule has 0 amide bonds. The second-order valence-electron chi connectivity index (χ2n) is 5.05.